The Morgan fingerprint density at radius 3 is 2.85 bits per heavy atom. The zero-order valence-electron chi connectivity index (χ0n) is 11.2. The minimum atomic E-state index is 0.412. The second-order valence-electron chi connectivity index (χ2n) is 5.26. The van der Waals surface area contributed by atoms with Gasteiger partial charge in [-0.15, -0.1) is 0 Å². The molecule has 0 amide bonds. The van der Waals surface area contributed by atoms with Crippen LogP contribution >= 0.6 is 23.2 Å². The Balaban J connectivity index is 1.75. The van der Waals surface area contributed by atoms with Crippen LogP contribution in [0.15, 0.2) is 42.5 Å². The van der Waals surface area contributed by atoms with Crippen LogP contribution in [0, 0.1) is 0 Å². The van der Waals surface area contributed by atoms with Gasteiger partial charge in [-0.1, -0.05) is 47.5 Å². The molecule has 104 valence electrons. The fraction of sp³-hybridized carbons (Fsp3) is 0.294. The summed E-state index contributed by atoms with van der Waals surface area (Å²) < 4.78 is 0. The van der Waals surface area contributed by atoms with Crippen LogP contribution in [0.25, 0.3) is 0 Å². The predicted octanol–water partition coefficient (Wildman–Crippen LogP) is 5.16. The molecule has 0 radical (unpaired) electrons. The van der Waals surface area contributed by atoms with Crippen molar-refractivity contribution >= 4 is 23.2 Å². The van der Waals surface area contributed by atoms with Crippen LogP contribution in [0.3, 0.4) is 0 Å². The first kappa shape index (κ1) is 13.9. The summed E-state index contributed by atoms with van der Waals surface area (Å²) in [7, 11) is 0. The smallest absolute Gasteiger partial charge is 0.0451 e. The number of hydrogen-bond acceptors (Lipinski definition) is 1. The van der Waals surface area contributed by atoms with Gasteiger partial charge in [-0.2, -0.15) is 0 Å². The van der Waals surface area contributed by atoms with E-state index < -0.39 is 0 Å². The van der Waals surface area contributed by atoms with Gasteiger partial charge in [0.15, 0.2) is 0 Å². The van der Waals surface area contributed by atoms with Crippen LogP contribution in [0.1, 0.15) is 35.6 Å². The lowest BCUT2D eigenvalue weighted by molar-refractivity contribution is 0.459. The van der Waals surface area contributed by atoms with Gasteiger partial charge in [0.05, 0.1) is 0 Å². The van der Waals surface area contributed by atoms with Crippen LogP contribution in [0.5, 0.6) is 0 Å². The maximum atomic E-state index is 6.22. The second-order valence-corrected chi connectivity index (χ2v) is 6.10. The number of rotatable bonds is 3. The van der Waals surface area contributed by atoms with Crippen molar-refractivity contribution in [2.75, 3.05) is 0 Å². The molecule has 1 N–H and O–H groups in total. The SMILES string of the molecule is Clc1ccc(Cl)c(CNC2CCCc3ccccc32)c1. The lowest BCUT2D eigenvalue weighted by atomic mass is 9.87. The third-order valence-corrected chi connectivity index (χ3v) is 4.52. The third kappa shape index (κ3) is 3.01. The summed E-state index contributed by atoms with van der Waals surface area (Å²) in [6.07, 6.45) is 3.60. The first-order valence-corrected chi connectivity index (χ1v) is 7.75. The molecule has 1 nitrogen and oxygen atoms in total. The summed E-state index contributed by atoms with van der Waals surface area (Å²) >= 11 is 12.2. The summed E-state index contributed by atoms with van der Waals surface area (Å²) in [5.74, 6) is 0. The van der Waals surface area contributed by atoms with Crippen LogP contribution in [0.4, 0.5) is 0 Å². The molecule has 0 heterocycles. The van der Waals surface area contributed by atoms with E-state index in [1.807, 2.05) is 18.2 Å². The predicted molar refractivity (Wildman–Crippen MR) is 85.4 cm³/mol. The minimum Gasteiger partial charge on any atom is -0.306 e. The van der Waals surface area contributed by atoms with Gasteiger partial charge in [-0.25, -0.2) is 0 Å². The zero-order chi connectivity index (χ0) is 13.9. The van der Waals surface area contributed by atoms with Gasteiger partial charge < -0.3 is 5.32 Å². The Kier molecular flexibility index (Phi) is 4.30. The highest BCUT2D eigenvalue weighted by Crippen LogP contribution is 2.30. The fourth-order valence-electron chi connectivity index (χ4n) is 2.88. The average Bonchev–Trinajstić information content (AvgIpc) is 2.48. The first-order valence-electron chi connectivity index (χ1n) is 6.99. The minimum absolute atomic E-state index is 0.412. The van der Waals surface area contributed by atoms with Crippen molar-refractivity contribution in [3.8, 4) is 0 Å². The van der Waals surface area contributed by atoms with E-state index in [4.69, 9.17) is 23.2 Å². The second kappa shape index (κ2) is 6.17. The molecule has 0 aliphatic heterocycles. The molecule has 2 aromatic carbocycles. The molecule has 1 atom stereocenters. The van der Waals surface area contributed by atoms with Crippen LogP contribution in [0.2, 0.25) is 10.0 Å². The van der Waals surface area contributed by atoms with Crippen molar-refractivity contribution < 1.29 is 0 Å². The summed E-state index contributed by atoms with van der Waals surface area (Å²) in [6, 6.07) is 14.7. The molecule has 20 heavy (non-hydrogen) atoms. The Morgan fingerprint density at radius 1 is 1.10 bits per heavy atom. The van der Waals surface area contributed by atoms with Crippen molar-refractivity contribution in [3.05, 3.63) is 69.2 Å². The monoisotopic (exact) mass is 305 g/mol. The van der Waals surface area contributed by atoms with Crippen molar-refractivity contribution in [1.29, 1.82) is 0 Å². The van der Waals surface area contributed by atoms with Gasteiger partial charge in [0.1, 0.15) is 0 Å². The highest BCUT2D eigenvalue weighted by Gasteiger charge is 2.19. The van der Waals surface area contributed by atoms with Crippen LogP contribution in [-0.2, 0) is 13.0 Å². The van der Waals surface area contributed by atoms with Gasteiger partial charge >= 0.3 is 0 Å². The summed E-state index contributed by atoms with van der Waals surface area (Å²) in [6.45, 7) is 0.748. The Hall–Kier alpha value is -1.02. The Morgan fingerprint density at radius 2 is 1.95 bits per heavy atom. The number of hydrogen-bond donors (Lipinski definition) is 1. The molecule has 0 aromatic heterocycles. The van der Waals surface area contributed by atoms with E-state index in [-0.39, 0.29) is 0 Å². The van der Waals surface area contributed by atoms with Crippen molar-refractivity contribution in [2.45, 2.75) is 31.8 Å². The normalized spacial score (nSPS) is 17.8. The van der Waals surface area contributed by atoms with Crippen LogP contribution < -0.4 is 5.32 Å². The first-order chi connectivity index (χ1) is 9.74. The van der Waals surface area contributed by atoms with Gasteiger partial charge in [-0.05, 0) is 54.2 Å². The largest absolute Gasteiger partial charge is 0.306 e. The molecule has 0 saturated carbocycles. The van der Waals surface area contributed by atoms with E-state index in [1.54, 1.807) is 0 Å². The van der Waals surface area contributed by atoms with Gasteiger partial charge in [0.2, 0.25) is 0 Å². The highest BCUT2D eigenvalue weighted by molar-refractivity contribution is 6.33. The maximum Gasteiger partial charge on any atom is 0.0451 e. The molecule has 0 bridgehead atoms. The molecular formula is C17H17Cl2N. The Labute approximate surface area is 129 Å². The number of aryl methyl sites for hydroxylation is 1. The average molecular weight is 306 g/mol. The summed E-state index contributed by atoms with van der Waals surface area (Å²) in [5.41, 5.74) is 3.95. The topological polar surface area (TPSA) is 12.0 Å². The maximum absolute atomic E-state index is 6.22. The third-order valence-electron chi connectivity index (χ3n) is 3.92. The van der Waals surface area contributed by atoms with Gasteiger partial charge in [0.25, 0.3) is 0 Å². The lowest BCUT2D eigenvalue weighted by Crippen LogP contribution is -2.24. The fourth-order valence-corrected chi connectivity index (χ4v) is 3.26. The molecule has 0 fully saturated rings. The number of fused-ring (bicyclic) bond motifs is 1. The van der Waals surface area contributed by atoms with Gasteiger partial charge in [0, 0.05) is 22.6 Å². The van der Waals surface area contributed by atoms with E-state index >= 15 is 0 Å². The summed E-state index contributed by atoms with van der Waals surface area (Å²) in [5, 5.41) is 5.12. The molecule has 1 aliphatic rings. The van der Waals surface area contributed by atoms with E-state index in [9.17, 15) is 0 Å². The molecule has 0 saturated heterocycles. The molecule has 2 aromatic rings. The van der Waals surface area contributed by atoms with Gasteiger partial charge in [-0.3, -0.25) is 0 Å². The quantitative estimate of drug-likeness (QED) is 0.826. The molecule has 1 unspecified atom stereocenters. The van der Waals surface area contributed by atoms with E-state index in [0.29, 0.717) is 6.04 Å². The summed E-state index contributed by atoms with van der Waals surface area (Å²) in [4.78, 5) is 0. The lowest BCUT2D eigenvalue weighted by Gasteiger charge is -2.26. The standard InChI is InChI=1S/C17H17Cl2N/c18-14-8-9-16(19)13(10-14)11-20-17-7-3-5-12-4-1-2-6-15(12)17/h1-2,4,6,8-10,17,20H,3,5,7,11H2. The van der Waals surface area contributed by atoms with E-state index in [2.05, 4.69) is 29.6 Å². The number of nitrogens with one attached hydrogen (secondary N) is 1. The van der Waals surface area contributed by atoms with E-state index in [1.165, 1.54) is 30.4 Å². The van der Waals surface area contributed by atoms with Crippen molar-refractivity contribution in [3.63, 3.8) is 0 Å². The molecule has 1 aliphatic carbocycles. The Bertz CT molecular complexity index is 610. The van der Waals surface area contributed by atoms with E-state index in [0.717, 1.165) is 22.2 Å². The highest BCUT2D eigenvalue weighted by atomic mass is 35.5. The number of halogens is 2. The number of benzene rings is 2. The van der Waals surface area contributed by atoms with Crippen LogP contribution in [-0.4, -0.2) is 0 Å². The molecular weight excluding hydrogens is 289 g/mol. The van der Waals surface area contributed by atoms with Crippen molar-refractivity contribution in [2.24, 2.45) is 0 Å². The molecule has 3 heteroatoms. The van der Waals surface area contributed by atoms with Crippen molar-refractivity contribution in [1.82, 2.24) is 5.32 Å². The molecule has 0 spiro atoms. The molecule has 3 rings (SSSR count). The zero-order valence-corrected chi connectivity index (χ0v) is 12.7.